The molecule has 0 radical (unpaired) electrons. The normalized spacial score (nSPS) is 13.7. The lowest BCUT2D eigenvalue weighted by Gasteiger charge is -2.27. The fourth-order valence-electron chi connectivity index (χ4n) is 3.47. The molecule has 30 heavy (non-hydrogen) atoms. The summed E-state index contributed by atoms with van der Waals surface area (Å²) in [6.45, 7) is 3.03. The van der Waals surface area contributed by atoms with Crippen LogP contribution in [0.5, 0.6) is 5.75 Å². The van der Waals surface area contributed by atoms with E-state index in [2.05, 4.69) is 17.4 Å². The van der Waals surface area contributed by atoms with E-state index in [9.17, 15) is 4.79 Å². The van der Waals surface area contributed by atoms with Crippen molar-refractivity contribution in [2.75, 3.05) is 38.2 Å². The Morgan fingerprint density at radius 1 is 0.933 bits per heavy atom. The van der Waals surface area contributed by atoms with Crippen LogP contribution >= 0.6 is 0 Å². The molecule has 0 spiro atoms. The molecule has 0 unspecified atom stereocenters. The van der Waals surface area contributed by atoms with Crippen LogP contribution < -0.4 is 10.1 Å². The van der Waals surface area contributed by atoms with Gasteiger partial charge in [0.15, 0.2) is 0 Å². The van der Waals surface area contributed by atoms with E-state index in [0.717, 1.165) is 23.5 Å². The first-order chi connectivity index (χ1) is 14.8. The summed E-state index contributed by atoms with van der Waals surface area (Å²) in [6, 6.07) is 25.7. The molecular weight excluding hydrogens is 376 g/mol. The number of carbonyl (C=O) groups is 1. The van der Waals surface area contributed by atoms with Gasteiger partial charge in [0.1, 0.15) is 5.75 Å². The second-order valence-electron chi connectivity index (χ2n) is 7.19. The standard InChI is InChI=1S/C25H26N2O3/c28-25(27-14-17-29-18-15-27)23-11-4-5-12-24(23)26-21-9-6-10-22(19-21)30-16-13-20-7-2-1-3-8-20/h1-12,19,26H,13-18H2. The Hall–Kier alpha value is -3.31. The molecule has 5 nitrogen and oxygen atoms in total. The van der Waals surface area contributed by atoms with Gasteiger partial charge in [-0.2, -0.15) is 0 Å². The molecule has 5 heteroatoms. The van der Waals surface area contributed by atoms with E-state index < -0.39 is 0 Å². The predicted octanol–water partition coefficient (Wildman–Crippen LogP) is 4.52. The van der Waals surface area contributed by atoms with Crippen LogP contribution in [-0.2, 0) is 11.2 Å². The topological polar surface area (TPSA) is 50.8 Å². The maximum absolute atomic E-state index is 13.0. The average molecular weight is 402 g/mol. The Morgan fingerprint density at radius 3 is 2.53 bits per heavy atom. The lowest BCUT2D eigenvalue weighted by Crippen LogP contribution is -2.40. The molecule has 1 aliphatic rings. The summed E-state index contributed by atoms with van der Waals surface area (Å²) in [4.78, 5) is 14.8. The molecule has 1 amide bonds. The third-order valence-corrected chi connectivity index (χ3v) is 5.07. The number of anilines is 2. The van der Waals surface area contributed by atoms with Gasteiger partial charge in [0, 0.05) is 31.3 Å². The fourth-order valence-corrected chi connectivity index (χ4v) is 3.47. The number of para-hydroxylation sites is 1. The van der Waals surface area contributed by atoms with Crippen molar-refractivity contribution in [2.24, 2.45) is 0 Å². The van der Waals surface area contributed by atoms with E-state index in [1.54, 1.807) is 0 Å². The molecule has 0 bridgehead atoms. The van der Waals surface area contributed by atoms with Crippen molar-refractivity contribution in [1.29, 1.82) is 0 Å². The molecule has 1 heterocycles. The zero-order chi connectivity index (χ0) is 20.6. The molecule has 0 saturated carbocycles. The minimum atomic E-state index is 0.0247. The van der Waals surface area contributed by atoms with Crippen molar-refractivity contribution in [3.63, 3.8) is 0 Å². The van der Waals surface area contributed by atoms with Crippen LogP contribution in [0.25, 0.3) is 0 Å². The van der Waals surface area contributed by atoms with Crippen molar-refractivity contribution < 1.29 is 14.3 Å². The average Bonchev–Trinajstić information content (AvgIpc) is 2.81. The number of nitrogens with zero attached hydrogens (tertiary/aromatic N) is 1. The van der Waals surface area contributed by atoms with Gasteiger partial charge in [0.2, 0.25) is 0 Å². The molecule has 1 fully saturated rings. The van der Waals surface area contributed by atoms with Gasteiger partial charge in [-0.15, -0.1) is 0 Å². The van der Waals surface area contributed by atoms with Crippen molar-refractivity contribution in [2.45, 2.75) is 6.42 Å². The molecular formula is C25H26N2O3. The van der Waals surface area contributed by atoms with Crippen molar-refractivity contribution in [1.82, 2.24) is 4.90 Å². The first-order valence-corrected chi connectivity index (χ1v) is 10.3. The molecule has 0 aliphatic carbocycles. The van der Waals surface area contributed by atoms with Gasteiger partial charge in [-0.05, 0) is 29.8 Å². The van der Waals surface area contributed by atoms with Crippen LogP contribution in [0.3, 0.4) is 0 Å². The summed E-state index contributed by atoms with van der Waals surface area (Å²) >= 11 is 0. The van der Waals surface area contributed by atoms with Crippen LogP contribution in [0.2, 0.25) is 0 Å². The Labute approximate surface area is 177 Å². The lowest BCUT2D eigenvalue weighted by molar-refractivity contribution is 0.0303. The second-order valence-corrected chi connectivity index (χ2v) is 7.19. The Kier molecular flexibility index (Phi) is 6.62. The maximum Gasteiger partial charge on any atom is 0.256 e. The molecule has 1 aliphatic heterocycles. The molecule has 4 rings (SSSR count). The number of morpholine rings is 1. The number of rotatable bonds is 7. The van der Waals surface area contributed by atoms with Gasteiger partial charge in [-0.1, -0.05) is 48.5 Å². The Morgan fingerprint density at radius 2 is 1.70 bits per heavy atom. The SMILES string of the molecule is O=C(c1ccccc1Nc1cccc(OCCc2ccccc2)c1)N1CCOCC1. The second kappa shape index (κ2) is 9.94. The summed E-state index contributed by atoms with van der Waals surface area (Å²) in [5, 5.41) is 3.38. The summed E-state index contributed by atoms with van der Waals surface area (Å²) < 4.78 is 11.3. The molecule has 1 saturated heterocycles. The summed E-state index contributed by atoms with van der Waals surface area (Å²) in [5.74, 6) is 0.824. The zero-order valence-corrected chi connectivity index (χ0v) is 16.9. The molecule has 0 atom stereocenters. The van der Waals surface area contributed by atoms with E-state index in [-0.39, 0.29) is 5.91 Å². The van der Waals surface area contributed by atoms with Gasteiger partial charge < -0.3 is 19.7 Å². The maximum atomic E-state index is 13.0. The summed E-state index contributed by atoms with van der Waals surface area (Å²) in [7, 11) is 0. The quantitative estimate of drug-likeness (QED) is 0.631. The van der Waals surface area contributed by atoms with Gasteiger partial charge in [-0.25, -0.2) is 0 Å². The lowest BCUT2D eigenvalue weighted by atomic mass is 10.1. The number of carbonyl (C=O) groups excluding carboxylic acids is 1. The first kappa shape index (κ1) is 20.0. The van der Waals surface area contributed by atoms with Crippen LogP contribution in [-0.4, -0.2) is 43.7 Å². The van der Waals surface area contributed by atoms with E-state index >= 15 is 0 Å². The number of hydrogen-bond acceptors (Lipinski definition) is 4. The highest BCUT2D eigenvalue weighted by Gasteiger charge is 2.20. The minimum Gasteiger partial charge on any atom is -0.493 e. The minimum absolute atomic E-state index is 0.0247. The van der Waals surface area contributed by atoms with E-state index in [4.69, 9.17) is 9.47 Å². The highest BCUT2D eigenvalue weighted by atomic mass is 16.5. The zero-order valence-electron chi connectivity index (χ0n) is 16.9. The number of benzene rings is 3. The van der Waals surface area contributed by atoms with Crippen LogP contribution in [0, 0.1) is 0 Å². The largest absolute Gasteiger partial charge is 0.493 e. The van der Waals surface area contributed by atoms with E-state index in [1.807, 2.05) is 71.6 Å². The Bertz CT molecular complexity index is 969. The number of amides is 1. The van der Waals surface area contributed by atoms with E-state index in [0.29, 0.717) is 38.5 Å². The van der Waals surface area contributed by atoms with Crippen molar-refractivity contribution >= 4 is 17.3 Å². The molecule has 3 aromatic rings. The fraction of sp³-hybridized carbons (Fsp3) is 0.240. The van der Waals surface area contributed by atoms with Crippen molar-refractivity contribution in [3.05, 3.63) is 90.0 Å². The van der Waals surface area contributed by atoms with E-state index in [1.165, 1.54) is 5.56 Å². The molecule has 1 N–H and O–H groups in total. The smallest absolute Gasteiger partial charge is 0.256 e. The third kappa shape index (κ3) is 5.19. The number of nitrogens with one attached hydrogen (secondary N) is 1. The molecule has 0 aromatic heterocycles. The molecule has 154 valence electrons. The van der Waals surface area contributed by atoms with Crippen LogP contribution in [0.1, 0.15) is 15.9 Å². The van der Waals surface area contributed by atoms with Crippen molar-refractivity contribution in [3.8, 4) is 5.75 Å². The van der Waals surface area contributed by atoms with Crippen LogP contribution in [0.15, 0.2) is 78.9 Å². The van der Waals surface area contributed by atoms with Gasteiger partial charge in [0.25, 0.3) is 5.91 Å². The Balaban J connectivity index is 1.42. The highest BCUT2D eigenvalue weighted by Crippen LogP contribution is 2.25. The van der Waals surface area contributed by atoms with Gasteiger partial charge in [0.05, 0.1) is 31.1 Å². The van der Waals surface area contributed by atoms with Gasteiger partial charge in [-0.3, -0.25) is 4.79 Å². The van der Waals surface area contributed by atoms with Crippen LogP contribution in [0.4, 0.5) is 11.4 Å². The number of hydrogen-bond donors (Lipinski definition) is 1. The van der Waals surface area contributed by atoms with Gasteiger partial charge >= 0.3 is 0 Å². The summed E-state index contributed by atoms with van der Waals surface area (Å²) in [6.07, 6.45) is 0.857. The molecule has 3 aromatic carbocycles. The monoisotopic (exact) mass is 402 g/mol. The third-order valence-electron chi connectivity index (χ3n) is 5.07. The number of ether oxygens (including phenoxy) is 2. The first-order valence-electron chi connectivity index (χ1n) is 10.3. The summed E-state index contributed by atoms with van der Waals surface area (Å²) in [5.41, 5.74) is 3.59. The predicted molar refractivity (Wildman–Crippen MR) is 119 cm³/mol. The highest BCUT2D eigenvalue weighted by molar-refractivity contribution is 6.00.